The van der Waals surface area contributed by atoms with Crippen LogP contribution in [0.1, 0.15) is 301 Å². The number of benzene rings is 4. The fourth-order valence-corrected chi connectivity index (χ4v) is 15.7. The molecule has 0 radical (unpaired) electrons. The number of carbonyl (C=O) groups is 11. The van der Waals surface area contributed by atoms with Crippen molar-refractivity contribution in [1.82, 2.24) is 37.2 Å². The van der Waals surface area contributed by atoms with Crippen molar-refractivity contribution in [3.63, 3.8) is 0 Å². The Labute approximate surface area is 871 Å². The van der Waals surface area contributed by atoms with Crippen molar-refractivity contribution < 1.29 is 120 Å². The van der Waals surface area contributed by atoms with Gasteiger partial charge in [0.15, 0.2) is 42.5 Å². The molecule has 40 nitrogen and oxygen atoms in total. The molecule has 0 aliphatic carbocycles. The fourth-order valence-electron chi connectivity index (χ4n) is 15.7. The second-order valence-corrected chi connectivity index (χ2v) is 42.3. The van der Waals surface area contributed by atoms with Crippen LogP contribution in [0.5, 0.6) is 23.0 Å². The number of carbonyl (C=O) groups excluding carboxylic acids is 11. The number of aldehydes is 1. The molecule has 40 heteroatoms. The second-order valence-electron chi connectivity index (χ2n) is 42.3. The number of nitro groups is 4. The van der Waals surface area contributed by atoms with Gasteiger partial charge in [-0.1, -0.05) is 103 Å². The summed E-state index contributed by atoms with van der Waals surface area (Å²) in [6.45, 7) is 57.4. The van der Waals surface area contributed by atoms with E-state index in [0.717, 1.165) is 0 Å². The molecule has 4 aromatic rings. The van der Waals surface area contributed by atoms with Crippen LogP contribution < -0.4 is 56.2 Å². The molecule has 0 aromatic heterocycles. The van der Waals surface area contributed by atoms with Crippen molar-refractivity contribution in [3.8, 4) is 23.0 Å². The monoisotopic (exact) mass is 2080 g/mol. The maximum absolute atomic E-state index is 14.5. The fraction of sp³-hybridized carbons (Fsp3) is 0.620. The summed E-state index contributed by atoms with van der Waals surface area (Å²) in [6.07, 6.45) is 6.68. The van der Waals surface area contributed by atoms with Gasteiger partial charge in [0.25, 0.3) is 22.7 Å². The molecule has 7 rings (SSSR count). The standard InChI is InChI=1S/C45H66N6O13.C31H50N4O8.C17H21NO6.C8H14O.C7H12O/c1-10-44(8,41(55)46-17-11-19-61-33-13-15-36(50(57)58)32(24-33)27-52)28-45(9,26-31(39(54)48-29(2)3)23-30(4)38(53)49-43(5,6)7)42(56)47-18-12-20-62-34-14-16-37(51(59)60)35(25-34)40-63-21-22-64-40;1-9-31(8,19-22(27(37)33-20(2)3)17-21(4)26(36)34-30(5,6)7)29(38)32-13-10-14-41-23-11-12-25(35(39)40)24(18-23)28-42-15-16-43-28;1-12(2)16(19)5-3-4-8-22-13-6-7-15(18(20)21)14(11-13)17-23-9-10-24-17;1-5-7(9)6-8(2,3)4;1-4-7(8)5-6(2)3/h13-16,24-25,27,29-31,40H,10-12,17-23,26,28H2,1-9H3,(H,46,55)(H,47,56)(H,48,54)(H,49,53);11-12,18,20-22,28H,9-10,13-17,19H2,1-8H3,(H,32,38)(H,33,37)(H,34,36);6-7,11,17H,1,3-5,8-10H2,2H3;5H,1,6H2,2-4H3;4,6H,1,5H2,2-3H3. The summed E-state index contributed by atoms with van der Waals surface area (Å²) in [6, 6.07) is 16.8. The third-order valence-electron chi connectivity index (χ3n) is 23.6. The van der Waals surface area contributed by atoms with Gasteiger partial charge in [-0.3, -0.25) is 93.2 Å². The quantitative estimate of drug-likeness (QED) is 0.00709. The Kier molecular flexibility index (Phi) is 55.7. The summed E-state index contributed by atoms with van der Waals surface area (Å²) in [5, 5.41) is 66.1. The molecule has 3 heterocycles. The lowest BCUT2D eigenvalue weighted by Gasteiger charge is -2.39. The second kappa shape index (κ2) is 63.5. The summed E-state index contributed by atoms with van der Waals surface area (Å²) in [5.41, 5.74) is -3.34. The number of nitrogens with zero attached hydrogens (tertiary/aromatic N) is 4. The van der Waals surface area contributed by atoms with Crippen LogP contribution in [-0.2, 0) is 76.4 Å². The molecule has 3 saturated heterocycles. The Morgan fingerprint density at radius 2 is 0.757 bits per heavy atom. The molecule has 0 bridgehead atoms. The van der Waals surface area contributed by atoms with Crippen LogP contribution in [0.4, 0.5) is 22.7 Å². The Bertz CT molecular complexity index is 5080. The van der Waals surface area contributed by atoms with Gasteiger partial charge in [-0.05, 0) is 231 Å². The predicted molar refractivity (Wildman–Crippen MR) is 560 cm³/mol. The maximum Gasteiger partial charge on any atom is 0.280 e. The first kappa shape index (κ1) is 130. The highest BCUT2D eigenvalue weighted by Gasteiger charge is 2.47. The van der Waals surface area contributed by atoms with Gasteiger partial charge in [-0.25, -0.2) is 0 Å². The van der Waals surface area contributed by atoms with Crippen molar-refractivity contribution in [3.05, 3.63) is 173 Å². The zero-order valence-electron chi connectivity index (χ0n) is 91.0. The molecular formula is C108H163N11O29. The highest BCUT2D eigenvalue weighted by Crippen LogP contribution is 2.45. The van der Waals surface area contributed by atoms with E-state index in [-0.39, 0.29) is 168 Å². The molecule has 3 aliphatic rings. The zero-order valence-corrected chi connectivity index (χ0v) is 91.0. The van der Waals surface area contributed by atoms with E-state index in [1.165, 1.54) is 66.7 Å². The van der Waals surface area contributed by atoms with Crippen LogP contribution in [0.2, 0.25) is 0 Å². The first-order valence-corrected chi connectivity index (χ1v) is 50.6. The summed E-state index contributed by atoms with van der Waals surface area (Å²) in [4.78, 5) is 182. The largest absolute Gasteiger partial charge is 0.494 e. The van der Waals surface area contributed by atoms with E-state index in [9.17, 15) is 93.2 Å². The van der Waals surface area contributed by atoms with Gasteiger partial charge in [-0.15, -0.1) is 0 Å². The predicted octanol–water partition coefficient (Wildman–Crippen LogP) is 17.8. The first-order chi connectivity index (χ1) is 69.2. The number of nitrogens with one attached hydrogen (secondary N) is 7. The number of nitro benzene ring substituents is 4. The number of Topliss-reactive ketones (excluding diaryl/α,β-unsaturated/α-hetero) is 1. The molecule has 0 saturated carbocycles. The molecule has 3 aliphatic heterocycles. The molecule has 0 spiro atoms. The maximum atomic E-state index is 14.5. The molecule has 7 atom stereocenters. The van der Waals surface area contributed by atoms with Gasteiger partial charge in [0, 0.05) is 126 Å². The van der Waals surface area contributed by atoms with Gasteiger partial charge in [0.05, 0.1) is 108 Å². The molecule has 148 heavy (non-hydrogen) atoms. The lowest BCUT2D eigenvalue weighted by Crippen LogP contribution is -2.50. The van der Waals surface area contributed by atoms with Gasteiger partial charge < -0.3 is 84.6 Å². The van der Waals surface area contributed by atoms with E-state index in [4.69, 9.17) is 47.4 Å². The number of unbranched alkanes of at least 4 members (excludes halogenated alkanes) is 1. The van der Waals surface area contributed by atoms with Crippen molar-refractivity contribution >= 4 is 87.7 Å². The Balaban J connectivity index is 0.000000568. The van der Waals surface area contributed by atoms with Gasteiger partial charge in [-0.2, -0.15) is 0 Å². The SMILES string of the molecule is C=C(C)C(=O)CCCCOc1ccc([N+](=O)[O-])c(C2OCCO2)c1.C=CC(=O)CC(C)(C)C.C=CC(=O)CC(C)C.CCC(C)(CC(C)(CC(CC(C)C(=O)NC(C)(C)C)C(=O)NC(C)C)C(=O)NCCCOc1ccc([N+](=O)[O-])c(C2OCCO2)c1)C(=O)NCCCOc1ccc([N+](=O)[O-])c(C=O)c1.CCC(C)(CC(CC(C)C(=O)NC(C)(C)C)C(=O)NC(C)C)C(=O)NCCCOc1ccc([N+](=O)[O-])c(C2OCCO2)c1. The highest BCUT2D eigenvalue weighted by molar-refractivity contribution is 5.94. The highest BCUT2D eigenvalue weighted by atomic mass is 16.7. The topological polar surface area (TPSA) is 537 Å². The van der Waals surface area contributed by atoms with Gasteiger partial charge in [0.1, 0.15) is 23.0 Å². The van der Waals surface area contributed by atoms with E-state index < -0.39 is 89.9 Å². The van der Waals surface area contributed by atoms with Crippen molar-refractivity contribution in [2.45, 2.75) is 298 Å². The van der Waals surface area contributed by atoms with Gasteiger partial charge >= 0.3 is 0 Å². The van der Waals surface area contributed by atoms with Crippen molar-refractivity contribution in [2.24, 2.45) is 51.2 Å². The molecule has 7 N–H and O–H groups in total. The smallest absolute Gasteiger partial charge is 0.280 e. The Morgan fingerprint density at radius 1 is 0.439 bits per heavy atom. The minimum absolute atomic E-state index is 0.0205. The summed E-state index contributed by atoms with van der Waals surface area (Å²) in [7, 11) is 0. The summed E-state index contributed by atoms with van der Waals surface area (Å²) >= 11 is 0. The van der Waals surface area contributed by atoms with Crippen molar-refractivity contribution in [2.75, 3.05) is 85.7 Å². The number of hydrogen-bond acceptors (Lipinski definition) is 29. The lowest BCUT2D eigenvalue weighted by molar-refractivity contribution is -0.386. The number of amides is 7. The van der Waals surface area contributed by atoms with Crippen LogP contribution in [0.15, 0.2) is 110 Å². The lowest BCUT2D eigenvalue weighted by atomic mass is 9.66. The minimum atomic E-state index is -1.30. The van der Waals surface area contributed by atoms with E-state index in [2.05, 4.69) is 57.0 Å². The van der Waals surface area contributed by atoms with E-state index in [1.807, 2.05) is 132 Å². The third-order valence-corrected chi connectivity index (χ3v) is 23.6. The van der Waals surface area contributed by atoms with E-state index in [1.54, 1.807) is 45.9 Å². The van der Waals surface area contributed by atoms with Crippen LogP contribution in [-0.4, -0.2) is 194 Å². The minimum Gasteiger partial charge on any atom is -0.494 e. The van der Waals surface area contributed by atoms with Gasteiger partial charge in [0.2, 0.25) is 41.4 Å². The molecular weight excluding hydrogens is 1920 g/mol. The number of ether oxygens (including phenoxy) is 10. The molecule has 3 fully saturated rings. The number of allylic oxidation sites excluding steroid dienone is 3. The summed E-state index contributed by atoms with van der Waals surface area (Å²) < 4.78 is 55.5. The van der Waals surface area contributed by atoms with E-state index >= 15 is 0 Å². The normalized spacial score (nSPS) is 15.2. The molecule has 824 valence electrons. The number of hydrogen-bond donors (Lipinski definition) is 7. The molecule has 4 aromatic carbocycles. The van der Waals surface area contributed by atoms with Crippen molar-refractivity contribution in [1.29, 1.82) is 0 Å². The molecule has 7 unspecified atom stereocenters. The van der Waals surface area contributed by atoms with Crippen LogP contribution in [0, 0.1) is 91.7 Å². The Morgan fingerprint density at radius 3 is 1.04 bits per heavy atom. The van der Waals surface area contributed by atoms with Crippen LogP contribution in [0.3, 0.4) is 0 Å². The number of rotatable bonds is 56. The average Bonchev–Trinajstić information content (AvgIpc) is 0.884. The Hall–Kier alpha value is -12.4. The zero-order chi connectivity index (χ0) is 112. The van der Waals surface area contributed by atoms with E-state index in [0.29, 0.717) is 176 Å². The summed E-state index contributed by atoms with van der Waals surface area (Å²) in [5.74, 6) is -1.67. The molecule has 7 amide bonds. The van der Waals surface area contributed by atoms with Crippen LogP contribution >= 0.6 is 0 Å². The van der Waals surface area contributed by atoms with Crippen LogP contribution in [0.25, 0.3) is 0 Å². The third kappa shape index (κ3) is 47.9. The number of ketones is 3. The average molecular weight is 2080 g/mol. The first-order valence-electron chi connectivity index (χ1n) is 50.6.